The van der Waals surface area contributed by atoms with Crippen LogP contribution in [0.25, 0.3) is 0 Å². The first kappa shape index (κ1) is 21.4. The van der Waals surface area contributed by atoms with Crippen molar-refractivity contribution >= 4 is 23.2 Å². The van der Waals surface area contributed by atoms with E-state index in [1.807, 2.05) is 39.0 Å². The van der Waals surface area contributed by atoms with Crippen LogP contribution in [0.1, 0.15) is 23.6 Å². The van der Waals surface area contributed by atoms with Crippen LogP contribution in [0, 0.1) is 20.8 Å². The Balaban J connectivity index is 1.96. The van der Waals surface area contributed by atoms with Gasteiger partial charge in [-0.2, -0.15) is 0 Å². The van der Waals surface area contributed by atoms with Crippen LogP contribution < -0.4 is 15.4 Å². The molecule has 0 unspecified atom stereocenters. The van der Waals surface area contributed by atoms with E-state index in [9.17, 15) is 9.59 Å². The summed E-state index contributed by atoms with van der Waals surface area (Å²) in [7, 11) is 3.33. The predicted octanol–water partition coefficient (Wildman–Crippen LogP) is 3.52. The number of likely N-dealkylation sites (N-methyl/N-ethyl adjacent to an activating group) is 1. The highest BCUT2D eigenvalue weighted by Gasteiger charge is 2.21. The normalized spacial score (nSPS) is 11.8. The Morgan fingerprint density at radius 3 is 2.32 bits per heavy atom. The molecule has 0 aliphatic carbocycles. The lowest BCUT2D eigenvalue weighted by atomic mass is 10.0. The van der Waals surface area contributed by atoms with E-state index in [4.69, 9.17) is 4.74 Å². The number of benzene rings is 2. The molecule has 6 heteroatoms. The van der Waals surface area contributed by atoms with Crippen molar-refractivity contribution in [3.8, 4) is 5.75 Å². The van der Waals surface area contributed by atoms with E-state index in [2.05, 4.69) is 10.6 Å². The molecule has 2 aromatic rings. The monoisotopic (exact) mass is 383 g/mol. The largest absolute Gasteiger partial charge is 0.497 e. The van der Waals surface area contributed by atoms with Gasteiger partial charge in [0, 0.05) is 17.4 Å². The number of carbonyl (C=O) groups excluding carboxylic acids is 2. The van der Waals surface area contributed by atoms with E-state index in [0.29, 0.717) is 11.4 Å². The van der Waals surface area contributed by atoms with Gasteiger partial charge in [-0.15, -0.1) is 0 Å². The fourth-order valence-corrected chi connectivity index (χ4v) is 3.07. The van der Waals surface area contributed by atoms with Crippen molar-refractivity contribution in [2.45, 2.75) is 33.7 Å². The Morgan fingerprint density at radius 1 is 1.07 bits per heavy atom. The average molecular weight is 383 g/mol. The zero-order valence-corrected chi connectivity index (χ0v) is 17.4. The first-order valence-corrected chi connectivity index (χ1v) is 9.24. The van der Waals surface area contributed by atoms with Crippen LogP contribution in [0.5, 0.6) is 5.75 Å². The van der Waals surface area contributed by atoms with Crippen molar-refractivity contribution in [3.05, 3.63) is 53.1 Å². The first-order valence-electron chi connectivity index (χ1n) is 9.24. The third-order valence-corrected chi connectivity index (χ3v) is 4.71. The second kappa shape index (κ2) is 9.37. The summed E-state index contributed by atoms with van der Waals surface area (Å²) in [5.74, 6) is 0.326. The van der Waals surface area contributed by atoms with Crippen LogP contribution in [0.2, 0.25) is 0 Å². The summed E-state index contributed by atoms with van der Waals surface area (Å²) in [5.41, 5.74) is 4.69. The molecule has 0 aliphatic rings. The molecular weight excluding hydrogens is 354 g/mol. The third-order valence-electron chi connectivity index (χ3n) is 4.71. The molecule has 0 aromatic heterocycles. The number of nitrogens with zero attached hydrogens (tertiary/aromatic N) is 1. The zero-order valence-electron chi connectivity index (χ0n) is 17.4. The Morgan fingerprint density at radius 2 is 1.71 bits per heavy atom. The van der Waals surface area contributed by atoms with Gasteiger partial charge < -0.3 is 15.4 Å². The van der Waals surface area contributed by atoms with E-state index in [-0.39, 0.29) is 18.4 Å². The van der Waals surface area contributed by atoms with Crippen molar-refractivity contribution in [1.29, 1.82) is 0 Å². The smallest absolute Gasteiger partial charge is 0.241 e. The molecule has 0 radical (unpaired) electrons. The lowest BCUT2D eigenvalue weighted by Gasteiger charge is -2.24. The van der Waals surface area contributed by atoms with Gasteiger partial charge in [-0.1, -0.05) is 23.8 Å². The first-order chi connectivity index (χ1) is 13.2. The maximum Gasteiger partial charge on any atom is 0.241 e. The minimum atomic E-state index is -0.462. The van der Waals surface area contributed by atoms with Crippen LogP contribution in [0.15, 0.2) is 36.4 Å². The molecule has 0 fully saturated rings. The molecular formula is C22H29N3O3. The summed E-state index contributed by atoms with van der Waals surface area (Å²) in [6, 6.07) is 10.8. The number of methoxy groups -OCH3 is 1. The molecule has 28 heavy (non-hydrogen) atoms. The van der Waals surface area contributed by atoms with Gasteiger partial charge in [0.25, 0.3) is 0 Å². The van der Waals surface area contributed by atoms with Crippen LogP contribution in [0.3, 0.4) is 0 Å². The van der Waals surface area contributed by atoms with Gasteiger partial charge in [0.05, 0.1) is 19.7 Å². The third kappa shape index (κ3) is 5.57. The Labute approximate surface area is 166 Å². The molecule has 2 rings (SSSR count). The second-order valence-electron chi connectivity index (χ2n) is 7.13. The summed E-state index contributed by atoms with van der Waals surface area (Å²) < 4.78 is 5.16. The van der Waals surface area contributed by atoms with Crippen LogP contribution in [-0.4, -0.2) is 43.5 Å². The molecule has 6 nitrogen and oxygen atoms in total. The van der Waals surface area contributed by atoms with Gasteiger partial charge >= 0.3 is 0 Å². The van der Waals surface area contributed by atoms with Gasteiger partial charge in [0.2, 0.25) is 11.8 Å². The van der Waals surface area contributed by atoms with Crippen LogP contribution in [-0.2, 0) is 9.59 Å². The summed E-state index contributed by atoms with van der Waals surface area (Å²) in [6.07, 6.45) is 0. The fraction of sp³-hybridized carbons (Fsp3) is 0.364. The predicted molar refractivity (Wildman–Crippen MR) is 113 cm³/mol. The zero-order chi connectivity index (χ0) is 20.8. The lowest BCUT2D eigenvalue weighted by molar-refractivity contribution is -0.122. The highest BCUT2D eigenvalue weighted by atomic mass is 16.5. The Kier molecular flexibility index (Phi) is 7.18. The number of aryl methyl sites for hydroxylation is 3. The Bertz CT molecular complexity index is 841. The lowest BCUT2D eigenvalue weighted by Crippen LogP contribution is -2.43. The van der Waals surface area contributed by atoms with Crippen LogP contribution in [0.4, 0.5) is 11.4 Å². The molecule has 1 atom stereocenters. The highest BCUT2D eigenvalue weighted by Crippen LogP contribution is 2.22. The minimum Gasteiger partial charge on any atom is -0.497 e. The molecule has 0 saturated heterocycles. The number of amides is 2. The van der Waals surface area contributed by atoms with E-state index in [1.165, 1.54) is 0 Å². The number of rotatable bonds is 7. The van der Waals surface area contributed by atoms with Crippen molar-refractivity contribution in [2.24, 2.45) is 0 Å². The topological polar surface area (TPSA) is 70.7 Å². The van der Waals surface area contributed by atoms with Crippen molar-refractivity contribution in [2.75, 3.05) is 31.3 Å². The molecule has 0 spiro atoms. The van der Waals surface area contributed by atoms with E-state index < -0.39 is 6.04 Å². The molecule has 2 N–H and O–H groups in total. The Hall–Kier alpha value is -2.86. The van der Waals surface area contributed by atoms with E-state index in [1.54, 1.807) is 44.2 Å². The van der Waals surface area contributed by atoms with Gasteiger partial charge in [0.1, 0.15) is 5.75 Å². The van der Waals surface area contributed by atoms with Gasteiger partial charge in [-0.3, -0.25) is 14.5 Å². The molecule has 2 aromatic carbocycles. The summed E-state index contributed by atoms with van der Waals surface area (Å²) in [5, 5.41) is 5.82. The number of hydrogen-bond acceptors (Lipinski definition) is 4. The number of carbonyl (C=O) groups is 2. The molecule has 2 amide bonds. The van der Waals surface area contributed by atoms with Crippen molar-refractivity contribution in [3.63, 3.8) is 0 Å². The second-order valence-corrected chi connectivity index (χ2v) is 7.13. The molecule has 0 heterocycles. The fourth-order valence-electron chi connectivity index (χ4n) is 3.07. The summed E-state index contributed by atoms with van der Waals surface area (Å²) in [6.45, 7) is 7.87. The quantitative estimate of drug-likeness (QED) is 0.767. The summed E-state index contributed by atoms with van der Waals surface area (Å²) >= 11 is 0. The number of anilines is 2. The molecule has 0 saturated carbocycles. The van der Waals surface area contributed by atoms with Gasteiger partial charge in [0.15, 0.2) is 0 Å². The van der Waals surface area contributed by atoms with Gasteiger partial charge in [-0.25, -0.2) is 0 Å². The number of nitrogens with one attached hydrogen (secondary N) is 2. The maximum atomic E-state index is 12.7. The molecule has 0 aliphatic heterocycles. The number of ether oxygens (including phenoxy) is 1. The van der Waals surface area contributed by atoms with Crippen molar-refractivity contribution in [1.82, 2.24) is 4.90 Å². The number of hydrogen-bond donors (Lipinski definition) is 2. The maximum absolute atomic E-state index is 12.7. The summed E-state index contributed by atoms with van der Waals surface area (Å²) in [4.78, 5) is 26.7. The van der Waals surface area contributed by atoms with E-state index in [0.717, 1.165) is 22.4 Å². The average Bonchev–Trinajstić information content (AvgIpc) is 2.63. The highest BCUT2D eigenvalue weighted by molar-refractivity contribution is 5.97. The molecule has 0 bridgehead atoms. The molecule has 150 valence electrons. The SMILES string of the molecule is COc1cccc(NC(=O)CN(C)[C@@H](C)C(=O)Nc2c(C)cc(C)cc2C)c1. The van der Waals surface area contributed by atoms with Gasteiger partial charge in [-0.05, 0) is 58.0 Å². The minimum absolute atomic E-state index is 0.0949. The van der Waals surface area contributed by atoms with Crippen molar-refractivity contribution < 1.29 is 14.3 Å². The standard InChI is InChI=1S/C22H29N3O3/c1-14-10-15(2)21(16(3)11-14)24-22(27)17(4)25(5)13-20(26)23-18-8-7-9-19(12-18)28-6/h7-12,17H,13H2,1-6H3,(H,23,26)(H,24,27)/t17-/m0/s1. The van der Waals surface area contributed by atoms with Crippen LogP contribution >= 0.6 is 0 Å². The van der Waals surface area contributed by atoms with E-state index >= 15 is 0 Å².